The molecule has 0 aromatic heterocycles. The summed E-state index contributed by atoms with van der Waals surface area (Å²) in [5.74, 6) is 3.65. The van der Waals surface area contributed by atoms with Crippen molar-refractivity contribution in [3.63, 3.8) is 0 Å². The summed E-state index contributed by atoms with van der Waals surface area (Å²) in [6.07, 6.45) is 19.8. The first-order chi connectivity index (χ1) is 14.3. The van der Waals surface area contributed by atoms with Crippen LogP contribution in [0.25, 0.3) is 0 Å². The number of fused-ring (bicyclic) bond motifs is 2. The van der Waals surface area contributed by atoms with Crippen LogP contribution >= 0.6 is 0 Å². The summed E-state index contributed by atoms with van der Waals surface area (Å²) in [6, 6.07) is 7.64. The Hall–Kier alpha value is -0.820. The fourth-order valence-electron chi connectivity index (χ4n) is 6.62. The second-order valence-corrected chi connectivity index (χ2v) is 10.5. The Morgan fingerprint density at radius 2 is 1.72 bits per heavy atom. The number of benzene rings is 1. The Labute approximate surface area is 180 Å². The van der Waals surface area contributed by atoms with Crippen LogP contribution in [0.5, 0.6) is 0 Å². The smallest absolute Gasteiger partial charge is 0.0578 e. The second-order valence-electron chi connectivity index (χ2n) is 10.5. The number of hydrogen-bond donors (Lipinski definition) is 0. The first kappa shape index (κ1) is 21.4. The molecule has 2 saturated carbocycles. The molecule has 3 aliphatic rings. The van der Waals surface area contributed by atoms with Gasteiger partial charge in [-0.1, -0.05) is 57.7 Å². The highest BCUT2D eigenvalue weighted by Gasteiger charge is 2.36. The number of unbranched alkanes of at least 4 members (excludes halogenated alkanes) is 2. The summed E-state index contributed by atoms with van der Waals surface area (Å²) in [7, 11) is 0. The van der Waals surface area contributed by atoms with Gasteiger partial charge in [-0.25, -0.2) is 0 Å². The van der Waals surface area contributed by atoms with Crippen LogP contribution in [0.15, 0.2) is 18.2 Å². The van der Waals surface area contributed by atoms with Crippen molar-refractivity contribution >= 4 is 0 Å². The molecular formula is C28H44O. The van der Waals surface area contributed by atoms with Crippen LogP contribution in [0.4, 0.5) is 0 Å². The summed E-state index contributed by atoms with van der Waals surface area (Å²) in [6.45, 7) is 5.50. The molecule has 1 nitrogen and oxygen atoms in total. The molecule has 0 aliphatic heterocycles. The third kappa shape index (κ3) is 5.46. The van der Waals surface area contributed by atoms with Gasteiger partial charge in [0.25, 0.3) is 0 Å². The zero-order valence-corrected chi connectivity index (χ0v) is 19.1. The van der Waals surface area contributed by atoms with Crippen LogP contribution in [0.2, 0.25) is 0 Å². The van der Waals surface area contributed by atoms with E-state index < -0.39 is 0 Å². The molecule has 5 atom stereocenters. The van der Waals surface area contributed by atoms with Gasteiger partial charge in [-0.2, -0.15) is 0 Å². The maximum Gasteiger partial charge on any atom is 0.0578 e. The molecule has 0 bridgehead atoms. The zero-order valence-electron chi connectivity index (χ0n) is 19.1. The molecule has 2 fully saturated rings. The number of hydrogen-bond acceptors (Lipinski definition) is 1. The molecule has 0 saturated heterocycles. The zero-order chi connectivity index (χ0) is 20.1. The van der Waals surface area contributed by atoms with E-state index in [1.807, 2.05) is 0 Å². The normalized spacial score (nSPS) is 31.9. The van der Waals surface area contributed by atoms with Crippen molar-refractivity contribution in [2.24, 2.45) is 17.8 Å². The highest BCUT2D eigenvalue weighted by Crippen LogP contribution is 2.47. The second kappa shape index (κ2) is 10.5. The lowest BCUT2D eigenvalue weighted by Crippen LogP contribution is -2.34. The maximum absolute atomic E-state index is 6.09. The predicted octanol–water partition coefficient (Wildman–Crippen LogP) is 7.85. The molecule has 1 aromatic carbocycles. The van der Waals surface area contributed by atoms with Gasteiger partial charge >= 0.3 is 0 Å². The average molecular weight is 397 g/mol. The fraction of sp³-hybridized carbons (Fsp3) is 0.786. The summed E-state index contributed by atoms with van der Waals surface area (Å²) >= 11 is 0. The van der Waals surface area contributed by atoms with Crippen molar-refractivity contribution < 1.29 is 4.74 Å². The molecule has 0 spiro atoms. The third-order valence-electron chi connectivity index (χ3n) is 8.37. The van der Waals surface area contributed by atoms with E-state index in [-0.39, 0.29) is 0 Å². The van der Waals surface area contributed by atoms with Gasteiger partial charge in [0.1, 0.15) is 0 Å². The van der Waals surface area contributed by atoms with Crippen molar-refractivity contribution in [1.29, 1.82) is 0 Å². The standard InChI is InChI=1S/C28H44O/c1-3-5-6-7-21-8-9-23-18-24(11-10-22(23)17-21)25-12-13-27-20-28(29-16-4-2)15-14-26(27)19-25/h10-11,18,21,25-28H,3-9,12-17,19-20H2,1-2H3. The minimum Gasteiger partial charge on any atom is -0.378 e. The van der Waals surface area contributed by atoms with Crippen LogP contribution in [0, 0.1) is 17.8 Å². The van der Waals surface area contributed by atoms with Crippen molar-refractivity contribution in [2.45, 2.75) is 116 Å². The van der Waals surface area contributed by atoms with Crippen molar-refractivity contribution in [3.8, 4) is 0 Å². The quantitative estimate of drug-likeness (QED) is 0.406. The van der Waals surface area contributed by atoms with Crippen molar-refractivity contribution in [2.75, 3.05) is 6.61 Å². The SMILES string of the molecule is CCCCCC1CCc2cc(C3CCC4CC(OCCC)CCC4C3)ccc2C1. The fourth-order valence-corrected chi connectivity index (χ4v) is 6.62. The predicted molar refractivity (Wildman–Crippen MR) is 124 cm³/mol. The summed E-state index contributed by atoms with van der Waals surface area (Å²) in [4.78, 5) is 0. The van der Waals surface area contributed by atoms with Gasteiger partial charge in [-0.05, 0) is 105 Å². The molecule has 5 unspecified atom stereocenters. The van der Waals surface area contributed by atoms with Crippen molar-refractivity contribution in [1.82, 2.24) is 0 Å². The molecular weight excluding hydrogens is 352 g/mol. The largest absolute Gasteiger partial charge is 0.378 e. The van der Waals surface area contributed by atoms with Crippen LogP contribution in [-0.4, -0.2) is 12.7 Å². The number of aryl methyl sites for hydroxylation is 1. The molecule has 29 heavy (non-hydrogen) atoms. The van der Waals surface area contributed by atoms with Gasteiger partial charge in [0.05, 0.1) is 6.10 Å². The van der Waals surface area contributed by atoms with Crippen molar-refractivity contribution in [3.05, 3.63) is 34.9 Å². The molecule has 0 N–H and O–H groups in total. The molecule has 1 aromatic rings. The first-order valence-corrected chi connectivity index (χ1v) is 13.0. The minimum atomic E-state index is 0.557. The lowest BCUT2D eigenvalue weighted by atomic mass is 9.65. The average Bonchev–Trinajstić information content (AvgIpc) is 2.77. The lowest BCUT2D eigenvalue weighted by molar-refractivity contribution is -0.0147. The van der Waals surface area contributed by atoms with Gasteiger partial charge in [0.2, 0.25) is 0 Å². The number of rotatable bonds is 8. The van der Waals surface area contributed by atoms with Gasteiger partial charge in [-0.15, -0.1) is 0 Å². The molecule has 0 radical (unpaired) electrons. The Morgan fingerprint density at radius 3 is 2.59 bits per heavy atom. The van der Waals surface area contributed by atoms with E-state index in [4.69, 9.17) is 4.74 Å². The Morgan fingerprint density at radius 1 is 0.862 bits per heavy atom. The molecule has 3 aliphatic carbocycles. The van der Waals surface area contributed by atoms with E-state index in [9.17, 15) is 0 Å². The van der Waals surface area contributed by atoms with E-state index in [2.05, 4.69) is 32.0 Å². The maximum atomic E-state index is 6.09. The summed E-state index contributed by atoms with van der Waals surface area (Å²) in [5.41, 5.74) is 5.02. The Balaban J connectivity index is 1.32. The molecule has 0 amide bonds. The van der Waals surface area contributed by atoms with E-state index in [1.165, 1.54) is 83.5 Å². The van der Waals surface area contributed by atoms with E-state index in [1.54, 1.807) is 16.7 Å². The van der Waals surface area contributed by atoms with Crippen LogP contribution < -0.4 is 0 Å². The number of ether oxygens (including phenoxy) is 1. The van der Waals surface area contributed by atoms with Crippen LogP contribution in [0.3, 0.4) is 0 Å². The highest BCUT2D eigenvalue weighted by molar-refractivity contribution is 5.36. The monoisotopic (exact) mass is 396 g/mol. The molecule has 0 heterocycles. The Kier molecular flexibility index (Phi) is 7.73. The van der Waals surface area contributed by atoms with E-state index >= 15 is 0 Å². The lowest BCUT2D eigenvalue weighted by Gasteiger charge is -2.42. The van der Waals surface area contributed by atoms with Gasteiger partial charge < -0.3 is 4.74 Å². The highest BCUT2D eigenvalue weighted by atomic mass is 16.5. The first-order valence-electron chi connectivity index (χ1n) is 13.0. The van der Waals surface area contributed by atoms with Gasteiger partial charge in [0, 0.05) is 6.61 Å². The molecule has 1 heteroatoms. The Bertz CT molecular complexity index is 635. The third-order valence-corrected chi connectivity index (χ3v) is 8.37. The summed E-state index contributed by atoms with van der Waals surface area (Å²) in [5, 5.41) is 0. The molecule has 162 valence electrons. The molecule has 4 rings (SSSR count). The summed E-state index contributed by atoms with van der Waals surface area (Å²) < 4.78 is 6.09. The van der Waals surface area contributed by atoms with E-state index in [0.717, 1.165) is 36.7 Å². The van der Waals surface area contributed by atoms with Crippen LogP contribution in [-0.2, 0) is 17.6 Å². The van der Waals surface area contributed by atoms with E-state index in [0.29, 0.717) is 6.10 Å². The topological polar surface area (TPSA) is 9.23 Å². The van der Waals surface area contributed by atoms with Gasteiger partial charge in [-0.3, -0.25) is 0 Å². The minimum absolute atomic E-state index is 0.557. The van der Waals surface area contributed by atoms with Gasteiger partial charge in [0.15, 0.2) is 0 Å². The van der Waals surface area contributed by atoms with Crippen LogP contribution in [0.1, 0.15) is 114 Å².